The lowest BCUT2D eigenvalue weighted by Gasteiger charge is -2.38. The molecule has 1 aromatic rings. The number of ether oxygens (including phenoxy) is 1. The molecule has 5 nitrogen and oxygen atoms in total. The minimum absolute atomic E-state index is 0.171. The molecule has 1 atom stereocenters. The van der Waals surface area contributed by atoms with E-state index in [0.29, 0.717) is 23.0 Å². The number of halogens is 1. The van der Waals surface area contributed by atoms with E-state index in [9.17, 15) is 14.0 Å². The minimum Gasteiger partial charge on any atom is -0.463 e. The summed E-state index contributed by atoms with van der Waals surface area (Å²) in [5, 5.41) is 0.505. The van der Waals surface area contributed by atoms with Crippen LogP contribution in [0.4, 0.5) is 4.39 Å². The maximum absolute atomic E-state index is 14.5. The van der Waals surface area contributed by atoms with Crippen LogP contribution < -0.4 is 0 Å². The Morgan fingerprint density at radius 1 is 1.46 bits per heavy atom. The molecule has 1 unspecified atom stereocenters. The van der Waals surface area contributed by atoms with Gasteiger partial charge in [-0.25, -0.2) is 14.2 Å². The van der Waals surface area contributed by atoms with E-state index in [1.807, 2.05) is 0 Å². The Bertz CT molecular complexity index is 760. The summed E-state index contributed by atoms with van der Waals surface area (Å²) < 4.78 is 19.6. The second kappa shape index (κ2) is 6.76. The first-order chi connectivity index (χ1) is 11.5. The molecular formula is C17H17FN2O3S. The Morgan fingerprint density at radius 2 is 2.21 bits per heavy atom. The van der Waals surface area contributed by atoms with Crippen molar-refractivity contribution in [2.24, 2.45) is 4.99 Å². The van der Waals surface area contributed by atoms with Gasteiger partial charge in [-0.15, -0.1) is 0 Å². The lowest BCUT2D eigenvalue weighted by Crippen LogP contribution is -2.46. The lowest BCUT2D eigenvalue weighted by molar-refractivity contribution is -0.139. The molecule has 126 valence electrons. The number of carbonyl (C=O) groups excluding carboxylic acids is 2. The van der Waals surface area contributed by atoms with Crippen molar-refractivity contribution in [1.29, 1.82) is 0 Å². The van der Waals surface area contributed by atoms with Crippen LogP contribution in [0.25, 0.3) is 0 Å². The molecule has 0 bridgehead atoms. The van der Waals surface area contributed by atoms with Crippen molar-refractivity contribution in [3.8, 4) is 0 Å². The van der Waals surface area contributed by atoms with Gasteiger partial charge in [0.1, 0.15) is 11.9 Å². The molecular weight excluding hydrogens is 331 g/mol. The Labute approximate surface area is 143 Å². The number of carbonyl (C=O) groups is 2. The third-order valence-corrected chi connectivity index (χ3v) is 4.86. The largest absolute Gasteiger partial charge is 0.463 e. The number of rotatable bonds is 3. The predicted octanol–water partition coefficient (Wildman–Crippen LogP) is 3.04. The number of benzene rings is 1. The number of amidine groups is 1. The zero-order valence-electron chi connectivity index (χ0n) is 13.4. The first-order valence-corrected chi connectivity index (χ1v) is 8.69. The molecule has 24 heavy (non-hydrogen) atoms. The molecule has 2 aliphatic rings. The third-order valence-electron chi connectivity index (χ3n) is 3.90. The minimum atomic E-state index is -0.849. The van der Waals surface area contributed by atoms with Gasteiger partial charge in [0.25, 0.3) is 0 Å². The number of fused-ring (bicyclic) bond motifs is 1. The van der Waals surface area contributed by atoms with Crippen molar-refractivity contribution in [2.75, 3.05) is 12.4 Å². The number of hydrogen-bond donors (Lipinski definition) is 0. The Hall–Kier alpha value is -2.15. The van der Waals surface area contributed by atoms with Gasteiger partial charge in [0, 0.05) is 17.7 Å². The van der Waals surface area contributed by atoms with Gasteiger partial charge >= 0.3 is 5.97 Å². The fourth-order valence-corrected chi connectivity index (χ4v) is 3.86. The maximum Gasteiger partial charge on any atom is 0.338 e. The summed E-state index contributed by atoms with van der Waals surface area (Å²) in [5.41, 5.74) is 0.930. The summed E-state index contributed by atoms with van der Waals surface area (Å²) in [5.74, 6) is -0.591. The molecule has 1 amide bonds. The highest BCUT2D eigenvalue weighted by molar-refractivity contribution is 8.14. The maximum atomic E-state index is 14.5. The van der Waals surface area contributed by atoms with Crippen LogP contribution in [0, 0.1) is 5.82 Å². The second-order valence-electron chi connectivity index (χ2n) is 5.40. The Morgan fingerprint density at radius 3 is 2.92 bits per heavy atom. The molecule has 0 radical (unpaired) electrons. The summed E-state index contributed by atoms with van der Waals surface area (Å²) in [6.07, 6.45) is 0.323. The van der Waals surface area contributed by atoms with Gasteiger partial charge in [-0.05, 0) is 19.9 Å². The number of nitrogens with zero attached hydrogens (tertiary/aromatic N) is 2. The van der Waals surface area contributed by atoms with Crippen LogP contribution in [0.3, 0.4) is 0 Å². The molecule has 0 N–H and O–H groups in total. The molecule has 0 aromatic heterocycles. The summed E-state index contributed by atoms with van der Waals surface area (Å²) >= 11 is 1.43. The highest BCUT2D eigenvalue weighted by Crippen LogP contribution is 2.40. The smallest absolute Gasteiger partial charge is 0.338 e. The highest BCUT2D eigenvalue weighted by Gasteiger charge is 2.42. The molecule has 0 aliphatic carbocycles. The molecule has 1 aromatic carbocycles. The average molecular weight is 348 g/mol. The number of esters is 1. The highest BCUT2D eigenvalue weighted by atomic mass is 32.2. The van der Waals surface area contributed by atoms with Gasteiger partial charge < -0.3 is 4.74 Å². The zero-order chi connectivity index (χ0) is 17.3. The quantitative estimate of drug-likeness (QED) is 0.788. The van der Waals surface area contributed by atoms with Gasteiger partial charge in [-0.1, -0.05) is 30.0 Å². The van der Waals surface area contributed by atoms with Crippen molar-refractivity contribution < 1.29 is 18.7 Å². The van der Waals surface area contributed by atoms with E-state index in [1.54, 1.807) is 32.0 Å². The molecule has 7 heteroatoms. The summed E-state index contributed by atoms with van der Waals surface area (Å²) in [7, 11) is 0. The van der Waals surface area contributed by atoms with Gasteiger partial charge in [0.05, 0.1) is 17.9 Å². The number of amides is 1. The van der Waals surface area contributed by atoms with Crippen LogP contribution in [0.2, 0.25) is 0 Å². The zero-order valence-corrected chi connectivity index (χ0v) is 14.2. The fraction of sp³-hybridized carbons (Fsp3) is 0.353. The number of aliphatic imine (C=N–C) groups is 1. The monoisotopic (exact) mass is 348 g/mol. The Kier molecular flexibility index (Phi) is 4.71. The SMILES string of the molecule is CCOC(=O)C1=C(C)N=C2SCCC(=O)N2C1c1ccccc1F. The molecule has 1 fully saturated rings. The van der Waals surface area contributed by atoms with E-state index < -0.39 is 17.8 Å². The van der Waals surface area contributed by atoms with Gasteiger partial charge in [0.2, 0.25) is 5.91 Å². The van der Waals surface area contributed by atoms with Gasteiger partial charge in [0.15, 0.2) is 5.17 Å². The van der Waals surface area contributed by atoms with Crippen molar-refractivity contribution in [1.82, 2.24) is 4.90 Å². The van der Waals surface area contributed by atoms with Crippen LogP contribution in [0.15, 0.2) is 40.5 Å². The van der Waals surface area contributed by atoms with Crippen LogP contribution >= 0.6 is 11.8 Å². The van der Waals surface area contributed by atoms with Crippen molar-refractivity contribution in [3.05, 3.63) is 46.9 Å². The van der Waals surface area contributed by atoms with Crippen LogP contribution in [0.5, 0.6) is 0 Å². The summed E-state index contributed by atoms with van der Waals surface area (Å²) in [6.45, 7) is 3.58. The first-order valence-electron chi connectivity index (χ1n) is 7.70. The van der Waals surface area contributed by atoms with Gasteiger partial charge in [-0.3, -0.25) is 9.69 Å². The van der Waals surface area contributed by atoms with Crippen LogP contribution in [-0.4, -0.2) is 34.3 Å². The first kappa shape index (κ1) is 16.7. The third kappa shape index (κ3) is 2.84. The lowest BCUT2D eigenvalue weighted by atomic mass is 9.94. The van der Waals surface area contributed by atoms with E-state index >= 15 is 0 Å². The van der Waals surface area contributed by atoms with Crippen molar-refractivity contribution in [3.63, 3.8) is 0 Å². The molecule has 0 spiro atoms. The Balaban J connectivity index is 2.18. The molecule has 1 saturated heterocycles. The van der Waals surface area contributed by atoms with E-state index in [-0.39, 0.29) is 23.7 Å². The summed E-state index contributed by atoms with van der Waals surface area (Å²) in [4.78, 5) is 30.8. The average Bonchev–Trinajstić information content (AvgIpc) is 2.54. The van der Waals surface area contributed by atoms with Crippen LogP contribution in [0.1, 0.15) is 31.9 Å². The number of thioether (sulfide) groups is 1. The molecule has 2 aliphatic heterocycles. The van der Waals surface area contributed by atoms with Crippen molar-refractivity contribution in [2.45, 2.75) is 26.3 Å². The fourth-order valence-electron chi connectivity index (χ4n) is 2.86. The normalized spacial score (nSPS) is 20.6. The van der Waals surface area contributed by atoms with Gasteiger partial charge in [-0.2, -0.15) is 0 Å². The molecule has 0 saturated carbocycles. The van der Waals surface area contributed by atoms with E-state index in [1.165, 1.54) is 22.7 Å². The van der Waals surface area contributed by atoms with Crippen LogP contribution in [-0.2, 0) is 14.3 Å². The molecule has 3 rings (SSSR count). The predicted molar refractivity (Wildman–Crippen MR) is 89.8 cm³/mol. The summed E-state index contributed by atoms with van der Waals surface area (Å²) in [6, 6.07) is 5.31. The van der Waals surface area contributed by atoms with E-state index in [4.69, 9.17) is 4.74 Å². The second-order valence-corrected chi connectivity index (χ2v) is 6.46. The standard InChI is InChI=1S/C17H17FN2O3S/c1-3-23-16(22)14-10(2)19-17-20(13(21)8-9-24-17)15(14)11-6-4-5-7-12(11)18/h4-7,15H,3,8-9H2,1-2H3. The number of hydrogen-bond acceptors (Lipinski definition) is 5. The number of allylic oxidation sites excluding steroid dienone is 1. The van der Waals surface area contributed by atoms with E-state index in [0.717, 1.165) is 0 Å². The molecule has 2 heterocycles. The topological polar surface area (TPSA) is 59.0 Å². The van der Waals surface area contributed by atoms with E-state index in [2.05, 4.69) is 4.99 Å². The van der Waals surface area contributed by atoms with Crippen molar-refractivity contribution >= 4 is 28.8 Å².